The van der Waals surface area contributed by atoms with E-state index in [1.54, 1.807) is 0 Å². The Morgan fingerprint density at radius 3 is 2.69 bits per heavy atom. The number of aliphatic hydroxyl groups excluding tert-OH is 1. The molecule has 0 saturated carbocycles. The van der Waals surface area contributed by atoms with E-state index in [1.807, 2.05) is 6.07 Å². The minimum atomic E-state index is -1.28. The van der Waals surface area contributed by atoms with Crippen LogP contribution in [0.1, 0.15) is 16.2 Å². The zero-order valence-electron chi connectivity index (χ0n) is 13.5. The monoisotopic (exact) mass is 360 g/mol. The summed E-state index contributed by atoms with van der Waals surface area (Å²) >= 11 is 0. The molecule has 2 aromatic heterocycles. The van der Waals surface area contributed by atoms with Gasteiger partial charge in [0, 0.05) is 19.6 Å². The lowest BCUT2D eigenvalue weighted by molar-refractivity contribution is 0.0684. The van der Waals surface area contributed by atoms with Crippen molar-refractivity contribution in [2.75, 3.05) is 36.9 Å². The van der Waals surface area contributed by atoms with E-state index in [2.05, 4.69) is 41.0 Å². The Bertz CT molecular complexity index is 841. The highest BCUT2D eigenvalue weighted by molar-refractivity contribution is 5.83. The van der Waals surface area contributed by atoms with Gasteiger partial charge in [-0.05, 0) is 6.07 Å². The van der Waals surface area contributed by atoms with Gasteiger partial charge in [-0.1, -0.05) is 0 Å². The first kappa shape index (κ1) is 18.7. The van der Waals surface area contributed by atoms with Crippen LogP contribution >= 0.6 is 0 Å². The first-order valence-corrected chi connectivity index (χ1v) is 7.40. The van der Waals surface area contributed by atoms with Gasteiger partial charge >= 0.3 is 5.97 Å². The number of nitrogens with zero attached hydrogens (tertiary/aromatic N) is 6. The molecule has 0 aliphatic heterocycles. The number of rotatable bonds is 9. The number of hydrogen-bond donors (Lipinski definition) is 6. The molecular formula is C13H16N10O3. The van der Waals surface area contributed by atoms with E-state index in [4.69, 9.17) is 15.9 Å². The number of anilines is 2. The van der Waals surface area contributed by atoms with Crippen LogP contribution in [0.15, 0.2) is 16.3 Å². The molecule has 0 radical (unpaired) electrons. The van der Waals surface area contributed by atoms with E-state index >= 15 is 0 Å². The molecule has 0 bridgehead atoms. The van der Waals surface area contributed by atoms with E-state index in [0.29, 0.717) is 18.9 Å². The molecule has 0 saturated heterocycles. The number of pyridine rings is 1. The largest absolute Gasteiger partial charge is 0.475 e. The highest BCUT2D eigenvalue weighted by atomic mass is 16.4. The van der Waals surface area contributed by atoms with Crippen molar-refractivity contribution in [3.05, 3.63) is 17.5 Å². The highest BCUT2D eigenvalue weighted by Crippen LogP contribution is 2.29. The average molecular weight is 360 g/mol. The number of carbonyl (C=O) groups is 1. The van der Waals surface area contributed by atoms with Crippen molar-refractivity contribution in [1.29, 1.82) is 5.26 Å². The molecule has 26 heavy (non-hydrogen) atoms. The minimum Gasteiger partial charge on any atom is -0.475 e. The normalized spacial score (nSPS) is 10.7. The lowest BCUT2D eigenvalue weighted by atomic mass is 10.2. The van der Waals surface area contributed by atoms with Gasteiger partial charge in [-0.25, -0.2) is 9.78 Å². The Morgan fingerprint density at radius 2 is 2.08 bits per heavy atom. The Kier molecular flexibility index (Phi) is 6.48. The fraction of sp³-hybridized carbons (Fsp3) is 0.308. The van der Waals surface area contributed by atoms with E-state index in [1.165, 1.54) is 6.07 Å². The predicted molar refractivity (Wildman–Crippen MR) is 89.6 cm³/mol. The molecule has 0 aliphatic rings. The summed E-state index contributed by atoms with van der Waals surface area (Å²) in [6, 6.07) is 3.42. The summed E-state index contributed by atoms with van der Waals surface area (Å²) in [5.41, 5.74) is 5.84. The van der Waals surface area contributed by atoms with Gasteiger partial charge in [0.25, 0.3) is 5.95 Å². The highest BCUT2D eigenvalue weighted by Gasteiger charge is 2.13. The quantitative estimate of drug-likeness (QED) is 0.328. The number of aliphatic hydroxyl groups is 1. The van der Waals surface area contributed by atoms with Gasteiger partial charge in [-0.3, -0.25) is 5.10 Å². The fourth-order valence-corrected chi connectivity index (χ4v) is 1.79. The summed E-state index contributed by atoms with van der Waals surface area (Å²) in [7, 11) is 0. The molecule has 7 N–H and O–H groups in total. The summed E-state index contributed by atoms with van der Waals surface area (Å²) in [5, 5.41) is 46.2. The maximum Gasteiger partial charge on any atom is 0.373 e. The Balaban J connectivity index is 2.35. The maximum absolute atomic E-state index is 10.8. The molecule has 0 atom stereocenters. The van der Waals surface area contributed by atoms with Crippen molar-refractivity contribution in [2.45, 2.75) is 0 Å². The number of H-pyrrole nitrogens is 1. The molecule has 0 unspecified atom stereocenters. The lowest BCUT2D eigenvalue weighted by Gasteiger charge is -2.11. The molecule has 0 amide bonds. The molecule has 0 spiro atoms. The van der Waals surface area contributed by atoms with Crippen LogP contribution in [-0.2, 0) is 0 Å². The summed E-state index contributed by atoms with van der Waals surface area (Å²) < 4.78 is 0. The van der Waals surface area contributed by atoms with Gasteiger partial charge in [-0.15, -0.1) is 15.3 Å². The van der Waals surface area contributed by atoms with Crippen molar-refractivity contribution in [1.82, 2.24) is 20.2 Å². The number of carboxylic acid groups (broad SMARTS) is 1. The molecule has 0 aliphatic carbocycles. The average Bonchev–Trinajstić information content (AvgIpc) is 3.12. The Hall–Kier alpha value is -3.63. The number of nitriles is 1. The van der Waals surface area contributed by atoms with Gasteiger partial charge in [0.15, 0.2) is 5.82 Å². The van der Waals surface area contributed by atoms with Crippen molar-refractivity contribution >= 4 is 29.2 Å². The summed E-state index contributed by atoms with van der Waals surface area (Å²) in [4.78, 5) is 18.6. The topological polar surface area (TPSA) is 211 Å². The van der Waals surface area contributed by atoms with Crippen LogP contribution in [0.5, 0.6) is 0 Å². The van der Waals surface area contributed by atoms with Crippen LogP contribution in [0, 0.1) is 11.3 Å². The summed E-state index contributed by atoms with van der Waals surface area (Å²) in [5.74, 6) is -1.29. The molecule has 0 aromatic carbocycles. The number of azo groups is 1. The molecule has 2 heterocycles. The molecule has 2 rings (SSSR count). The second kappa shape index (κ2) is 9.01. The van der Waals surface area contributed by atoms with Gasteiger partial charge < -0.3 is 26.6 Å². The number of aromatic carboxylic acids is 1. The predicted octanol–water partition coefficient (Wildman–Crippen LogP) is -0.0402. The minimum absolute atomic E-state index is 0.146. The van der Waals surface area contributed by atoms with Crippen LogP contribution in [-0.4, -0.2) is 62.6 Å². The molecule has 0 fully saturated rings. The van der Waals surface area contributed by atoms with E-state index in [0.717, 1.165) is 0 Å². The van der Waals surface area contributed by atoms with E-state index in [9.17, 15) is 10.1 Å². The van der Waals surface area contributed by atoms with Gasteiger partial charge in [0.05, 0.1) is 12.2 Å². The molecule has 13 heteroatoms. The third kappa shape index (κ3) is 4.69. The number of nitrogens with one attached hydrogen (secondary N) is 3. The van der Waals surface area contributed by atoms with E-state index < -0.39 is 5.97 Å². The molecular weight excluding hydrogens is 344 g/mol. The standard InChI is InChI=1S/C13H16N10O3/c14-1-2-16-9-7(6-15)5-8(10(18-9)17-3-4-24)20-22-13-19-11(12(25)26)21-23-13/h5,24H,1-4,14H2,(H,25,26)(H2,16,17,18)(H,19,21,23). The summed E-state index contributed by atoms with van der Waals surface area (Å²) in [6.07, 6.45) is 0. The zero-order valence-corrected chi connectivity index (χ0v) is 13.5. The van der Waals surface area contributed by atoms with Crippen LogP contribution in [0.2, 0.25) is 0 Å². The summed E-state index contributed by atoms with van der Waals surface area (Å²) in [6.45, 7) is 0.815. The smallest absolute Gasteiger partial charge is 0.373 e. The van der Waals surface area contributed by atoms with Crippen molar-refractivity contribution in [2.24, 2.45) is 16.0 Å². The third-order valence-corrected chi connectivity index (χ3v) is 2.89. The van der Waals surface area contributed by atoms with Gasteiger partial charge in [0.1, 0.15) is 17.6 Å². The molecule has 2 aromatic rings. The second-order valence-electron chi connectivity index (χ2n) is 4.72. The van der Waals surface area contributed by atoms with Crippen LogP contribution in [0.25, 0.3) is 0 Å². The zero-order chi connectivity index (χ0) is 18.9. The first-order chi connectivity index (χ1) is 12.6. The number of aromatic amines is 1. The van der Waals surface area contributed by atoms with Crippen molar-refractivity contribution < 1.29 is 15.0 Å². The van der Waals surface area contributed by atoms with Crippen LogP contribution < -0.4 is 16.4 Å². The first-order valence-electron chi connectivity index (χ1n) is 7.40. The Morgan fingerprint density at radius 1 is 1.31 bits per heavy atom. The van der Waals surface area contributed by atoms with Crippen LogP contribution in [0.4, 0.5) is 23.3 Å². The van der Waals surface area contributed by atoms with Crippen LogP contribution in [0.3, 0.4) is 0 Å². The van der Waals surface area contributed by atoms with Gasteiger partial charge in [0.2, 0.25) is 5.82 Å². The maximum atomic E-state index is 10.8. The molecule has 13 nitrogen and oxygen atoms in total. The van der Waals surface area contributed by atoms with E-state index in [-0.39, 0.29) is 42.0 Å². The fourth-order valence-electron chi connectivity index (χ4n) is 1.79. The van der Waals surface area contributed by atoms with Crippen molar-refractivity contribution in [3.63, 3.8) is 0 Å². The number of hydrogen-bond acceptors (Lipinski definition) is 11. The van der Waals surface area contributed by atoms with Crippen molar-refractivity contribution in [3.8, 4) is 6.07 Å². The molecule has 136 valence electrons. The van der Waals surface area contributed by atoms with Gasteiger partial charge in [-0.2, -0.15) is 10.2 Å². The number of nitrogens with two attached hydrogens (primary N) is 1. The Labute approximate surface area is 147 Å². The SMILES string of the molecule is N#Cc1cc(N=Nc2n[nH]c(C(=O)O)n2)c(NCCO)nc1NCCN. The number of aromatic nitrogens is 4. The third-order valence-electron chi connectivity index (χ3n) is 2.89. The number of carboxylic acids is 1. The second-order valence-corrected chi connectivity index (χ2v) is 4.72. The lowest BCUT2D eigenvalue weighted by Crippen LogP contribution is -2.16.